The minimum atomic E-state index is -0.220. The SMILES string of the molecule is CC(C)=C(c1ccccc1)c1c(N)nc[nH]c1=O. The van der Waals surface area contributed by atoms with E-state index >= 15 is 0 Å². The first-order chi connectivity index (χ1) is 8.61. The van der Waals surface area contributed by atoms with E-state index in [1.807, 2.05) is 44.2 Å². The molecule has 0 saturated heterocycles. The van der Waals surface area contributed by atoms with Crippen LogP contribution in [0.4, 0.5) is 5.82 Å². The van der Waals surface area contributed by atoms with Crippen molar-refractivity contribution in [1.29, 1.82) is 0 Å². The number of nitrogen functional groups attached to an aromatic ring is 1. The number of aromatic amines is 1. The fraction of sp³-hybridized carbons (Fsp3) is 0.143. The fourth-order valence-electron chi connectivity index (χ4n) is 1.94. The van der Waals surface area contributed by atoms with Gasteiger partial charge in [0.2, 0.25) is 0 Å². The van der Waals surface area contributed by atoms with Gasteiger partial charge in [-0.2, -0.15) is 0 Å². The number of aromatic nitrogens is 2. The van der Waals surface area contributed by atoms with Crippen molar-refractivity contribution in [2.75, 3.05) is 5.73 Å². The van der Waals surface area contributed by atoms with Crippen LogP contribution < -0.4 is 11.3 Å². The Labute approximate surface area is 105 Å². The molecule has 0 fully saturated rings. The third kappa shape index (κ3) is 2.18. The van der Waals surface area contributed by atoms with Crippen LogP contribution in [0.15, 0.2) is 47.0 Å². The van der Waals surface area contributed by atoms with Gasteiger partial charge in [0.1, 0.15) is 5.82 Å². The molecule has 0 amide bonds. The maximum atomic E-state index is 11.9. The van der Waals surface area contributed by atoms with Gasteiger partial charge in [0.05, 0.1) is 11.9 Å². The average Bonchev–Trinajstić information content (AvgIpc) is 2.34. The standard InChI is InChI=1S/C14H15N3O/c1-9(2)11(10-6-4-3-5-7-10)12-13(15)16-8-17-14(12)18/h3-8H,1-2H3,(H3,15,16,17,18). The molecule has 1 aromatic carbocycles. The first-order valence-corrected chi connectivity index (χ1v) is 5.67. The second-order valence-corrected chi connectivity index (χ2v) is 4.23. The summed E-state index contributed by atoms with van der Waals surface area (Å²) >= 11 is 0. The van der Waals surface area contributed by atoms with Gasteiger partial charge in [0.25, 0.3) is 5.56 Å². The van der Waals surface area contributed by atoms with E-state index in [4.69, 9.17) is 5.73 Å². The molecule has 2 aromatic rings. The van der Waals surface area contributed by atoms with Gasteiger partial charge in [0, 0.05) is 0 Å². The van der Waals surface area contributed by atoms with Gasteiger partial charge < -0.3 is 10.7 Å². The molecule has 2 rings (SSSR count). The molecule has 0 aliphatic heterocycles. The Balaban J connectivity index is 2.73. The summed E-state index contributed by atoms with van der Waals surface area (Å²) in [5.41, 5.74) is 8.86. The van der Waals surface area contributed by atoms with Gasteiger partial charge in [-0.3, -0.25) is 4.79 Å². The van der Waals surface area contributed by atoms with Gasteiger partial charge in [-0.1, -0.05) is 35.9 Å². The number of nitrogens with one attached hydrogen (secondary N) is 1. The zero-order valence-corrected chi connectivity index (χ0v) is 10.4. The number of allylic oxidation sites excluding steroid dienone is 1. The van der Waals surface area contributed by atoms with Crippen LogP contribution >= 0.6 is 0 Å². The summed E-state index contributed by atoms with van der Waals surface area (Å²) in [6.45, 7) is 3.91. The maximum Gasteiger partial charge on any atom is 0.260 e. The van der Waals surface area contributed by atoms with Gasteiger partial charge in [-0.15, -0.1) is 0 Å². The average molecular weight is 241 g/mol. The van der Waals surface area contributed by atoms with E-state index in [0.29, 0.717) is 5.56 Å². The lowest BCUT2D eigenvalue weighted by molar-refractivity contribution is 1.11. The summed E-state index contributed by atoms with van der Waals surface area (Å²) in [6.07, 6.45) is 1.31. The predicted octanol–water partition coefficient (Wildman–Crippen LogP) is 2.19. The summed E-state index contributed by atoms with van der Waals surface area (Å²) in [5.74, 6) is 0.249. The highest BCUT2D eigenvalue weighted by Gasteiger charge is 2.14. The van der Waals surface area contributed by atoms with E-state index in [9.17, 15) is 4.79 Å². The minimum Gasteiger partial charge on any atom is -0.383 e. The highest BCUT2D eigenvalue weighted by molar-refractivity contribution is 5.85. The summed E-state index contributed by atoms with van der Waals surface area (Å²) in [6, 6.07) is 9.70. The van der Waals surface area contributed by atoms with Crippen LogP contribution in [0.25, 0.3) is 5.57 Å². The molecule has 0 radical (unpaired) electrons. The molecule has 0 saturated carbocycles. The van der Waals surface area contributed by atoms with Crippen molar-refractivity contribution < 1.29 is 0 Å². The summed E-state index contributed by atoms with van der Waals surface area (Å²) in [7, 11) is 0. The Hall–Kier alpha value is -2.36. The van der Waals surface area contributed by atoms with E-state index < -0.39 is 0 Å². The van der Waals surface area contributed by atoms with Crippen LogP contribution in [0.5, 0.6) is 0 Å². The Morgan fingerprint density at radius 1 is 1.22 bits per heavy atom. The molecule has 1 heterocycles. The number of benzene rings is 1. The molecule has 3 N–H and O–H groups in total. The predicted molar refractivity (Wildman–Crippen MR) is 73.1 cm³/mol. The van der Waals surface area contributed by atoms with Crippen molar-refractivity contribution in [3.8, 4) is 0 Å². The van der Waals surface area contributed by atoms with Crippen molar-refractivity contribution in [1.82, 2.24) is 9.97 Å². The molecule has 0 unspecified atom stereocenters. The topological polar surface area (TPSA) is 71.8 Å². The van der Waals surface area contributed by atoms with E-state index in [0.717, 1.165) is 16.7 Å². The third-order valence-corrected chi connectivity index (χ3v) is 2.69. The van der Waals surface area contributed by atoms with Crippen LogP contribution in [0, 0.1) is 0 Å². The quantitative estimate of drug-likeness (QED) is 0.846. The second kappa shape index (κ2) is 4.87. The fourth-order valence-corrected chi connectivity index (χ4v) is 1.94. The van der Waals surface area contributed by atoms with Crippen molar-refractivity contribution in [3.63, 3.8) is 0 Å². The van der Waals surface area contributed by atoms with Gasteiger partial charge in [-0.05, 0) is 25.0 Å². The highest BCUT2D eigenvalue weighted by atomic mass is 16.1. The summed E-state index contributed by atoms with van der Waals surface area (Å²) in [5, 5.41) is 0. The number of nitrogens with zero attached hydrogens (tertiary/aromatic N) is 1. The second-order valence-electron chi connectivity index (χ2n) is 4.23. The molecule has 0 atom stereocenters. The molecule has 1 aromatic heterocycles. The molecule has 0 bridgehead atoms. The van der Waals surface area contributed by atoms with E-state index in [1.165, 1.54) is 6.33 Å². The van der Waals surface area contributed by atoms with Crippen LogP contribution in [0.2, 0.25) is 0 Å². The van der Waals surface area contributed by atoms with Crippen molar-refractivity contribution in [3.05, 3.63) is 63.7 Å². The molecular formula is C14H15N3O. The molecule has 4 nitrogen and oxygen atoms in total. The van der Waals surface area contributed by atoms with E-state index in [1.54, 1.807) is 0 Å². The third-order valence-electron chi connectivity index (χ3n) is 2.69. The van der Waals surface area contributed by atoms with Gasteiger partial charge >= 0.3 is 0 Å². The largest absolute Gasteiger partial charge is 0.383 e. The molecular weight excluding hydrogens is 226 g/mol. The first-order valence-electron chi connectivity index (χ1n) is 5.67. The molecule has 0 aliphatic carbocycles. The number of H-pyrrole nitrogens is 1. The Bertz CT molecular complexity index is 638. The summed E-state index contributed by atoms with van der Waals surface area (Å²) < 4.78 is 0. The normalized spacial score (nSPS) is 10.1. The smallest absolute Gasteiger partial charge is 0.260 e. The van der Waals surface area contributed by atoms with Crippen molar-refractivity contribution >= 4 is 11.4 Å². The Morgan fingerprint density at radius 3 is 2.44 bits per heavy atom. The lowest BCUT2D eigenvalue weighted by atomic mass is 9.95. The summed E-state index contributed by atoms with van der Waals surface area (Å²) in [4.78, 5) is 18.5. The lowest BCUT2D eigenvalue weighted by Crippen LogP contribution is -2.16. The van der Waals surface area contributed by atoms with Crippen LogP contribution in [0.1, 0.15) is 25.0 Å². The van der Waals surface area contributed by atoms with Crippen molar-refractivity contribution in [2.24, 2.45) is 0 Å². The first kappa shape index (κ1) is 12.1. The Morgan fingerprint density at radius 2 is 1.89 bits per heavy atom. The number of anilines is 1. The number of hydrogen-bond donors (Lipinski definition) is 2. The van der Waals surface area contributed by atoms with Gasteiger partial charge in [-0.25, -0.2) is 4.98 Å². The molecule has 18 heavy (non-hydrogen) atoms. The van der Waals surface area contributed by atoms with Gasteiger partial charge in [0.15, 0.2) is 0 Å². The Kier molecular flexibility index (Phi) is 3.28. The monoisotopic (exact) mass is 241 g/mol. The molecule has 92 valence electrons. The van der Waals surface area contributed by atoms with Crippen molar-refractivity contribution in [2.45, 2.75) is 13.8 Å². The van der Waals surface area contributed by atoms with E-state index in [2.05, 4.69) is 9.97 Å². The molecule has 0 spiro atoms. The zero-order valence-electron chi connectivity index (χ0n) is 10.4. The number of nitrogens with two attached hydrogens (primary N) is 1. The highest BCUT2D eigenvalue weighted by Crippen LogP contribution is 2.26. The van der Waals surface area contributed by atoms with Crippen LogP contribution in [-0.4, -0.2) is 9.97 Å². The zero-order chi connectivity index (χ0) is 13.1. The molecule has 0 aliphatic rings. The van der Waals surface area contributed by atoms with E-state index in [-0.39, 0.29) is 11.4 Å². The van der Waals surface area contributed by atoms with Crippen LogP contribution in [-0.2, 0) is 0 Å². The lowest BCUT2D eigenvalue weighted by Gasteiger charge is -2.11. The maximum absolute atomic E-state index is 11.9. The van der Waals surface area contributed by atoms with Crippen LogP contribution in [0.3, 0.4) is 0 Å². The number of hydrogen-bond acceptors (Lipinski definition) is 3. The minimum absolute atomic E-state index is 0.220. The molecule has 4 heteroatoms. The number of rotatable bonds is 2.